The van der Waals surface area contributed by atoms with Crippen molar-refractivity contribution in [3.05, 3.63) is 41.5 Å². The lowest BCUT2D eigenvalue weighted by Crippen LogP contribution is -2.38. The van der Waals surface area contributed by atoms with Gasteiger partial charge in [-0.15, -0.1) is 0 Å². The molecule has 0 aromatic heterocycles. The molecule has 4 heteroatoms. The van der Waals surface area contributed by atoms with Gasteiger partial charge < -0.3 is 10.1 Å². The van der Waals surface area contributed by atoms with Gasteiger partial charge in [-0.05, 0) is 38.0 Å². The molecule has 1 N–H and O–H groups in total. The maximum Gasteiger partial charge on any atom is 0.328 e. The average molecular weight is 261 g/mol. The molecule has 1 aromatic rings. The van der Waals surface area contributed by atoms with E-state index in [0.717, 1.165) is 11.1 Å². The Hall–Kier alpha value is -2.10. The number of amides is 1. The number of carbonyl (C=O) groups is 2. The average Bonchev–Trinajstić information content (AvgIpc) is 2.38. The zero-order chi connectivity index (χ0) is 14.3. The topological polar surface area (TPSA) is 55.4 Å². The minimum atomic E-state index is -0.644. The van der Waals surface area contributed by atoms with Crippen molar-refractivity contribution in [2.75, 3.05) is 6.61 Å². The van der Waals surface area contributed by atoms with Crippen LogP contribution in [0, 0.1) is 6.92 Å². The third kappa shape index (κ3) is 4.95. The molecule has 0 spiro atoms. The van der Waals surface area contributed by atoms with Crippen molar-refractivity contribution in [2.24, 2.45) is 0 Å². The molecule has 0 bridgehead atoms. The Morgan fingerprint density at radius 2 is 2.05 bits per heavy atom. The third-order valence-corrected chi connectivity index (χ3v) is 2.60. The van der Waals surface area contributed by atoms with Gasteiger partial charge in [0.25, 0.3) is 0 Å². The maximum atomic E-state index is 11.6. The van der Waals surface area contributed by atoms with Gasteiger partial charge >= 0.3 is 5.97 Å². The Morgan fingerprint density at radius 1 is 1.37 bits per heavy atom. The standard InChI is InChI=1S/C15H19NO3/c1-4-19-15(18)12(3)16-14(17)10-9-13-8-6-5-7-11(13)2/h5-10,12H,4H2,1-3H3,(H,16,17). The summed E-state index contributed by atoms with van der Waals surface area (Å²) in [5.41, 5.74) is 2.06. The van der Waals surface area contributed by atoms with Gasteiger partial charge in [0.15, 0.2) is 0 Å². The highest BCUT2D eigenvalue weighted by molar-refractivity contribution is 5.94. The van der Waals surface area contributed by atoms with Crippen LogP contribution in [0.3, 0.4) is 0 Å². The van der Waals surface area contributed by atoms with E-state index in [0.29, 0.717) is 6.61 Å². The van der Waals surface area contributed by atoms with Crippen molar-refractivity contribution < 1.29 is 14.3 Å². The molecule has 19 heavy (non-hydrogen) atoms. The number of nitrogens with one attached hydrogen (secondary N) is 1. The maximum absolute atomic E-state index is 11.6. The number of ether oxygens (including phenoxy) is 1. The second kappa shape index (κ2) is 7.36. The van der Waals surface area contributed by atoms with Gasteiger partial charge in [-0.25, -0.2) is 4.79 Å². The number of aryl methyl sites for hydroxylation is 1. The first kappa shape index (κ1) is 15.0. The highest BCUT2D eigenvalue weighted by atomic mass is 16.5. The molecule has 1 rings (SSSR count). The number of benzene rings is 1. The lowest BCUT2D eigenvalue weighted by Gasteiger charge is -2.10. The molecule has 0 radical (unpaired) electrons. The van der Waals surface area contributed by atoms with Crippen LogP contribution >= 0.6 is 0 Å². The summed E-state index contributed by atoms with van der Waals surface area (Å²) in [6.07, 6.45) is 3.14. The first-order valence-electron chi connectivity index (χ1n) is 6.25. The number of hydrogen-bond acceptors (Lipinski definition) is 3. The smallest absolute Gasteiger partial charge is 0.328 e. The molecular formula is C15H19NO3. The molecule has 0 fully saturated rings. The molecule has 0 aliphatic rings. The van der Waals surface area contributed by atoms with E-state index in [4.69, 9.17) is 4.74 Å². The second-order valence-corrected chi connectivity index (χ2v) is 4.17. The minimum absolute atomic E-state index is 0.304. The van der Waals surface area contributed by atoms with Crippen LogP contribution in [0.15, 0.2) is 30.3 Å². The van der Waals surface area contributed by atoms with Crippen molar-refractivity contribution >= 4 is 18.0 Å². The molecule has 0 aliphatic heterocycles. The summed E-state index contributed by atoms with van der Waals surface area (Å²) in [6, 6.07) is 7.10. The van der Waals surface area contributed by atoms with Crippen LogP contribution in [-0.2, 0) is 14.3 Å². The lowest BCUT2D eigenvalue weighted by atomic mass is 10.1. The monoisotopic (exact) mass is 261 g/mol. The first-order valence-corrected chi connectivity index (χ1v) is 6.25. The van der Waals surface area contributed by atoms with Crippen LogP contribution < -0.4 is 5.32 Å². The van der Waals surface area contributed by atoms with Gasteiger partial charge in [0.2, 0.25) is 5.91 Å². The molecule has 1 amide bonds. The third-order valence-electron chi connectivity index (χ3n) is 2.60. The summed E-state index contributed by atoms with van der Waals surface area (Å²) in [6.45, 7) is 5.60. The summed E-state index contributed by atoms with van der Waals surface area (Å²) in [7, 11) is 0. The minimum Gasteiger partial charge on any atom is -0.464 e. The van der Waals surface area contributed by atoms with E-state index in [1.807, 2.05) is 31.2 Å². The van der Waals surface area contributed by atoms with Crippen molar-refractivity contribution in [1.29, 1.82) is 0 Å². The highest BCUT2D eigenvalue weighted by Gasteiger charge is 2.14. The zero-order valence-corrected chi connectivity index (χ0v) is 11.5. The molecule has 0 saturated carbocycles. The molecule has 1 unspecified atom stereocenters. The van der Waals surface area contributed by atoms with Crippen molar-refractivity contribution in [3.8, 4) is 0 Å². The molecule has 102 valence electrons. The first-order chi connectivity index (χ1) is 9.04. The Labute approximate surface area is 113 Å². The molecule has 4 nitrogen and oxygen atoms in total. The van der Waals surface area contributed by atoms with Gasteiger partial charge in [0.1, 0.15) is 6.04 Å². The van der Waals surface area contributed by atoms with E-state index in [1.54, 1.807) is 19.9 Å². The molecule has 1 aromatic carbocycles. The van der Waals surface area contributed by atoms with E-state index < -0.39 is 12.0 Å². The van der Waals surface area contributed by atoms with E-state index >= 15 is 0 Å². The SMILES string of the molecule is CCOC(=O)C(C)NC(=O)C=Cc1ccccc1C. The fourth-order valence-electron chi connectivity index (χ4n) is 1.53. The van der Waals surface area contributed by atoms with Gasteiger partial charge in [0, 0.05) is 6.08 Å². The van der Waals surface area contributed by atoms with Crippen LogP contribution in [-0.4, -0.2) is 24.5 Å². The van der Waals surface area contributed by atoms with E-state index in [2.05, 4.69) is 5.32 Å². The van der Waals surface area contributed by atoms with Gasteiger partial charge in [-0.1, -0.05) is 24.3 Å². The molecule has 1 atom stereocenters. The summed E-state index contributed by atoms with van der Waals surface area (Å²) >= 11 is 0. The number of hydrogen-bond donors (Lipinski definition) is 1. The van der Waals surface area contributed by atoms with Crippen molar-refractivity contribution in [1.82, 2.24) is 5.32 Å². The van der Waals surface area contributed by atoms with E-state index in [9.17, 15) is 9.59 Å². The van der Waals surface area contributed by atoms with Crippen molar-refractivity contribution in [2.45, 2.75) is 26.8 Å². The zero-order valence-electron chi connectivity index (χ0n) is 11.5. The van der Waals surface area contributed by atoms with Crippen LogP contribution in [0.25, 0.3) is 6.08 Å². The van der Waals surface area contributed by atoms with E-state index in [1.165, 1.54) is 6.08 Å². The van der Waals surface area contributed by atoms with Gasteiger partial charge in [-0.2, -0.15) is 0 Å². The quantitative estimate of drug-likeness (QED) is 0.652. The Kier molecular flexibility index (Phi) is 5.79. The van der Waals surface area contributed by atoms with Crippen LogP contribution in [0.4, 0.5) is 0 Å². The lowest BCUT2D eigenvalue weighted by molar-refractivity contribution is -0.146. The van der Waals surface area contributed by atoms with Crippen molar-refractivity contribution in [3.63, 3.8) is 0 Å². The van der Waals surface area contributed by atoms with Crippen LogP contribution in [0.2, 0.25) is 0 Å². The molecule has 0 heterocycles. The van der Waals surface area contributed by atoms with Gasteiger partial charge in [-0.3, -0.25) is 4.79 Å². The Bertz CT molecular complexity index is 480. The largest absolute Gasteiger partial charge is 0.464 e. The molecule has 0 saturated heterocycles. The number of esters is 1. The van der Waals surface area contributed by atoms with Crippen LogP contribution in [0.5, 0.6) is 0 Å². The predicted octanol–water partition coefficient (Wildman–Crippen LogP) is 2.08. The Morgan fingerprint density at radius 3 is 2.68 bits per heavy atom. The summed E-state index contributed by atoms with van der Waals surface area (Å²) < 4.78 is 4.81. The molecular weight excluding hydrogens is 242 g/mol. The predicted molar refractivity (Wildman–Crippen MR) is 74.5 cm³/mol. The number of carbonyl (C=O) groups excluding carboxylic acids is 2. The fraction of sp³-hybridized carbons (Fsp3) is 0.333. The highest BCUT2D eigenvalue weighted by Crippen LogP contribution is 2.08. The summed E-state index contributed by atoms with van der Waals surface area (Å²) in [4.78, 5) is 23.0. The number of rotatable bonds is 5. The second-order valence-electron chi connectivity index (χ2n) is 4.17. The normalized spacial score (nSPS) is 12.2. The summed E-state index contributed by atoms with van der Waals surface area (Å²) in [5, 5.41) is 2.55. The molecule has 0 aliphatic carbocycles. The fourth-order valence-corrected chi connectivity index (χ4v) is 1.53. The Balaban J connectivity index is 2.56. The van der Waals surface area contributed by atoms with Gasteiger partial charge in [0.05, 0.1) is 6.61 Å². The van der Waals surface area contributed by atoms with E-state index in [-0.39, 0.29) is 5.91 Å². The van der Waals surface area contributed by atoms with Crippen LogP contribution in [0.1, 0.15) is 25.0 Å². The summed E-state index contributed by atoms with van der Waals surface area (Å²) in [5.74, 6) is -0.746.